The Morgan fingerprint density at radius 3 is 1.84 bits per heavy atom. The van der Waals surface area contributed by atoms with Crippen LogP contribution in [-0.2, 0) is 21.4 Å². The Morgan fingerprint density at radius 2 is 1.31 bits per heavy atom. The Hall–Kier alpha value is -3.45. The molecule has 4 nitrogen and oxygen atoms in total. The van der Waals surface area contributed by atoms with Crippen molar-refractivity contribution in [3.63, 3.8) is 0 Å². The van der Waals surface area contributed by atoms with E-state index in [-0.39, 0.29) is 5.69 Å². The molecule has 7 rings (SSSR count). The predicted molar refractivity (Wildman–Crippen MR) is 109 cm³/mol. The monoisotopic (exact) mass is 435 g/mol. The van der Waals surface area contributed by atoms with Crippen LogP contribution < -0.4 is 4.90 Å². The molecule has 3 aromatic rings. The smallest absolute Gasteiger partial charge is 0.379 e. The van der Waals surface area contributed by atoms with Crippen LogP contribution in [0.4, 0.5) is 18.9 Å². The van der Waals surface area contributed by atoms with Gasteiger partial charge in [0.1, 0.15) is 5.60 Å². The van der Waals surface area contributed by atoms with Crippen LogP contribution in [-0.4, -0.2) is 16.9 Å². The summed E-state index contributed by atoms with van der Waals surface area (Å²) in [6.45, 7) is 0. The molecule has 3 aromatic carbocycles. The Labute approximate surface area is 180 Å². The third-order valence-corrected chi connectivity index (χ3v) is 7.03. The normalized spacial score (nSPS) is 27.9. The molecule has 7 heteroatoms. The van der Waals surface area contributed by atoms with Crippen molar-refractivity contribution >= 4 is 17.5 Å². The molecule has 0 saturated carbocycles. The average molecular weight is 435 g/mol. The van der Waals surface area contributed by atoms with Crippen molar-refractivity contribution in [2.24, 2.45) is 11.8 Å². The summed E-state index contributed by atoms with van der Waals surface area (Å²) in [7, 11) is 0. The van der Waals surface area contributed by atoms with Crippen LogP contribution in [0.3, 0.4) is 0 Å². The van der Waals surface area contributed by atoms with E-state index in [0.717, 1.165) is 40.3 Å². The van der Waals surface area contributed by atoms with E-state index in [2.05, 4.69) is 0 Å². The molecule has 0 unspecified atom stereocenters. The zero-order chi connectivity index (χ0) is 22.4. The third-order valence-electron chi connectivity index (χ3n) is 7.03. The van der Waals surface area contributed by atoms with E-state index in [1.807, 2.05) is 24.3 Å². The van der Waals surface area contributed by atoms with Gasteiger partial charge in [0.25, 0.3) is 0 Å². The number of rotatable bonds is 1. The van der Waals surface area contributed by atoms with Crippen LogP contribution >= 0.6 is 0 Å². The molecule has 1 N–H and O–H groups in total. The number of hydrogen-bond acceptors (Lipinski definition) is 3. The van der Waals surface area contributed by atoms with E-state index in [4.69, 9.17) is 0 Å². The summed E-state index contributed by atoms with van der Waals surface area (Å²) in [4.78, 5) is 28.1. The molecule has 3 aliphatic carbocycles. The van der Waals surface area contributed by atoms with Gasteiger partial charge in [0.05, 0.1) is 23.1 Å². The van der Waals surface area contributed by atoms with Crippen LogP contribution in [0.2, 0.25) is 0 Å². The Balaban J connectivity index is 1.53. The van der Waals surface area contributed by atoms with Gasteiger partial charge in [0.15, 0.2) is 0 Å². The summed E-state index contributed by atoms with van der Waals surface area (Å²) in [5.41, 5.74) is 0.297. The Bertz CT molecular complexity index is 1250. The molecule has 1 saturated heterocycles. The fourth-order valence-electron chi connectivity index (χ4n) is 5.79. The van der Waals surface area contributed by atoms with E-state index < -0.39 is 46.9 Å². The van der Waals surface area contributed by atoms with E-state index in [1.165, 1.54) is 0 Å². The SMILES string of the molecule is O=C1[C@H]2C3c4ccccc4C(O)(c4ccccc43)[C@H]2C(=O)N1c1ccc(C(F)(F)F)cc1. The molecule has 2 bridgehead atoms. The number of aliphatic hydroxyl groups is 1. The number of anilines is 1. The summed E-state index contributed by atoms with van der Waals surface area (Å²) >= 11 is 0. The van der Waals surface area contributed by atoms with Gasteiger partial charge in [-0.1, -0.05) is 48.5 Å². The molecule has 1 heterocycles. The van der Waals surface area contributed by atoms with E-state index in [9.17, 15) is 27.9 Å². The van der Waals surface area contributed by atoms with Gasteiger partial charge in [-0.2, -0.15) is 13.2 Å². The minimum Gasteiger partial charge on any atom is -0.379 e. The van der Waals surface area contributed by atoms with Gasteiger partial charge >= 0.3 is 6.18 Å². The molecule has 1 aliphatic heterocycles. The summed E-state index contributed by atoms with van der Waals surface area (Å²) in [6.07, 6.45) is -4.52. The number of carbonyl (C=O) groups excluding carboxylic acids is 2. The predicted octanol–water partition coefficient (Wildman–Crippen LogP) is 4.21. The molecule has 2 amide bonds. The van der Waals surface area contributed by atoms with E-state index >= 15 is 0 Å². The van der Waals surface area contributed by atoms with Crippen LogP contribution in [0, 0.1) is 11.8 Å². The molecule has 160 valence electrons. The highest BCUT2D eigenvalue weighted by Gasteiger charge is 2.68. The van der Waals surface area contributed by atoms with Crippen molar-refractivity contribution in [1.29, 1.82) is 0 Å². The van der Waals surface area contributed by atoms with Crippen LogP contribution in [0.15, 0.2) is 72.8 Å². The Morgan fingerprint density at radius 1 is 0.781 bits per heavy atom. The van der Waals surface area contributed by atoms with Gasteiger partial charge in [0, 0.05) is 5.92 Å². The lowest BCUT2D eigenvalue weighted by Gasteiger charge is -2.51. The minimum atomic E-state index is -4.52. The Kier molecular flexibility index (Phi) is 3.65. The first kappa shape index (κ1) is 19.3. The first-order chi connectivity index (χ1) is 15.2. The molecule has 0 radical (unpaired) electrons. The summed E-state index contributed by atoms with van der Waals surface area (Å²) in [5.74, 6) is -3.41. The molecule has 0 spiro atoms. The average Bonchev–Trinajstić information content (AvgIpc) is 3.05. The minimum absolute atomic E-state index is 0.0681. The van der Waals surface area contributed by atoms with Gasteiger partial charge < -0.3 is 5.11 Å². The molecule has 32 heavy (non-hydrogen) atoms. The molecule has 4 aliphatic rings. The highest BCUT2D eigenvalue weighted by atomic mass is 19.4. The maximum Gasteiger partial charge on any atom is 0.416 e. The quantitative estimate of drug-likeness (QED) is 0.583. The second kappa shape index (κ2) is 6.07. The van der Waals surface area contributed by atoms with Crippen molar-refractivity contribution in [2.75, 3.05) is 4.90 Å². The van der Waals surface area contributed by atoms with Crippen molar-refractivity contribution < 1.29 is 27.9 Å². The van der Waals surface area contributed by atoms with Crippen LogP contribution in [0.1, 0.15) is 33.7 Å². The van der Waals surface area contributed by atoms with Crippen LogP contribution in [0.25, 0.3) is 0 Å². The third kappa shape index (κ3) is 2.21. The number of nitrogens with zero attached hydrogens (tertiary/aromatic N) is 1. The zero-order valence-corrected chi connectivity index (χ0v) is 16.5. The van der Waals surface area contributed by atoms with Crippen molar-refractivity contribution in [2.45, 2.75) is 17.7 Å². The standard InChI is InChI=1S/C25H16F3NO3/c26-25(27,28)13-9-11-14(12-10-13)29-22(30)20-19-15-5-1-3-7-17(15)24(32,21(20)23(29)31)18-8-4-2-6-16(18)19/h1-12,19-21,32H/t19?,20-,21+,24?/m0/s1. The van der Waals surface area contributed by atoms with Crippen molar-refractivity contribution in [3.8, 4) is 0 Å². The fraction of sp³-hybridized carbons (Fsp3) is 0.200. The first-order valence-electron chi connectivity index (χ1n) is 10.2. The van der Waals surface area contributed by atoms with E-state index in [0.29, 0.717) is 11.1 Å². The second-order valence-electron chi connectivity index (χ2n) is 8.48. The highest BCUT2D eigenvalue weighted by Crippen LogP contribution is 2.63. The fourth-order valence-corrected chi connectivity index (χ4v) is 5.79. The number of hydrogen-bond donors (Lipinski definition) is 1. The number of benzene rings is 3. The lowest BCUT2D eigenvalue weighted by atomic mass is 9.52. The number of alkyl halides is 3. The number of imide groups is 1. The van der Waals surface area contributed by atoms with Crippen molar-refractivity contribution in [3.05, 3.63) is 101 Å². The van der Waals surface area contributed by atoms with Gasteiger partial charge in [0.2, 0.25) is 11.8 Å². The van der Waals surface area contributed by atoms with Crippen molar-refractivity contribution in [1.82, 2.24) is 0 Å². The number of halogens is 3. The lowest BCUT2D eigenvalue weighted by Crippen LogP contribution is -2.53. The van der Waals surface area contributed by atoms with Gasteiger partial charge in [-0.05, 0) is 46.5 Å². The second-order valence-corrected chi connectivity index (χ2v) is 8.48. The van der Waals surface area contributed by atoms with Gasteiger partial charge in [-0.25, -0.2) is 4.90 Å². The summed E-state index contributed by atoms with van der Waals surface area (Å²) < 4.78 is 38.9. The number of carbonyl (C=O) groups is 2. The summed E-state index contributed by atoms with van der Waals surface area (Å²) in [5, 5.41) is 12.0. The van der Waals surface area contributed by atoms with E-state index in [1.54, 1.807) is 24.3 Å². The molecule has 0 aromatic heterocycles. The first-order valence-corrected chi connectivity index (χ1v) is 10.2. The summed E-state index contributed by atoms with van der Waals surface area (Å²) in [6, 6.07) is 18.4. The maximum atomic E-state index is 13.6. The molecule has 1 fully saturated rings. The highest BCUT2D eigenvalue weighted by molar-refractivity contribution is 6.23. The van der Waals surface area contributed by atoms with Gasteiger partial charge in [-0.3, -0.25) is 9.59 Å². The maximum absolute atomic E-state index is 13.6. The zero-order valence-electron chi connectivity index (χ0n) is 16.5. The number of amides is 2. The largest absolute Gasteiger partial charge is 0.416 e. The topological polar surface area (TPSA) is 57.6 Å². The van der Waals surface area contributed by atoms with Gasteiger partial charge in [-0.15, -0.1) is 0 Å². The molecular formula is C25H16F3NO3. The van der Waals surface area contributed by atoms with Crippen LogP contribution in [0.5, 0.6) is 0 Å². The lowest BCUT2D eigenvalue weighted by molar-refractivity contribution is -0.137. The molecular weight excluding hydrogens is 419 g/mol. The molecule has 2 atom stereocenters.